The molecular weight excluding hydrogens is 328 g/mol. The molecule has 1 N–H and O–H groups in total. The van der Waals surface area contributed by atoms with E-state index >= 15 is 0 Å². The van der Waals surface area contributed by atoms with E-state index < -0.39 is 0 Å². The van der Waals surface area contributed by atoms with E-state index in [0.29, 0.717) is 12.3 Å². The summed E-state index contributed by atoms with van der Waals surface area (Å²) in [6.07, 6.45) is 0. The molecule has 140 valence electrons. The monoisotopic (exact) mass is 356 g/mol. The maximum absolute atomic E-state index is 12.2. The quantitative estimate of drug-likeness (QED) is 0.790. The lowest BCUT2D eigenvalue weighted by molar-refractivity contribution is -0.123. The van der Waals surface area contributed by atoms with Gasteiger partial charge in [0, 0.05) is 12.1 Å². The van der Waals surface area contributed by atoms with Gasteiger partial charge in [0.2, 0.25) is 0 Å². The summed E-state index contributed by atoms with van der Waals surface area (Å²) in [6.45, 7) is 4.49. The number of benzene rings is 2. The average molecular weight is 356 g/mol. The Kier molecular flexibility index (Phi) is 7.04. The molecule has 1 atom stereocenters. The SMILES string of the molecule is COc1ccccc1C(CNC(=O)COc1cc(C)cc(C)c1)N(C)C. The lowest BCUT2D eigenvalue weighted by atomic mass is 10.0. The van der Waals surface area contributed by atoms with Crippen LogP contribution in [0.5, 0.6) is 11.5 Å². The molecule has 0 heterocycles. The van der Waals surface area contributed by atoms with Crippen molar-refractivity contribution in [3.05, 3.63) is 59.2 Å². The fourth-order valence-electron chi connectivity index (χ4n) is 2.94. The lowest BCUT2D eigenvalue weighted by Crippen LogP contribution is -2.37. The Bertz CT molecular complexity index is 724. The van der Waals surface area contributed by atoms with Gasteiger partial charge in [-0.1, -0.05) is 24.3 Å². The summed E-state index contributed by atoms with van der Waals surface area (Å²) in [7, 11) is 5.62. The highest BCUT2D eigenvalue weighted by Crippen LogP contribution is 2.27. The molecule has 2 aromatic rings. The van der Waals surface area contributed by atoms with Crippen molar-refractivity contribution >= 4 is 5.91 Å². The number of amides is 1. The Morgan fingerprint density at radius 1 is 1.12 bits per heavy atom. The van der Waals surface area contributed by atoms with Gasteiger partial charge in [0.05, 0.1) is 13.2 Å². The molecule has 5 heteroatoms. The Morgan fingerprint density at radius 2 is 1.77 bits per heavy atom. The molecule has 0 fully saturated rings. The summed E-state index contributed by atoms with van der Waals surface area (Å²) < 4.78 is 11.1. The van der Waals surface area contributed by atoms with Crippen molar-refractivity contribution in [2.24, 2.45) is 0 Å². The molecule has 0 aliphatic heterocycles. The zero-order valence-electron chi connectivity index (χ0n) is 16.2. The van der Waals surface area contributed by atoms with Gasteiger partial charge in [-0.2, -0.15) is 0 Å². The number of nitrogens with zero attached hydrogens (tertiary/aromatic N) is 1. The van der Waals surface area contributed by atoms with Crippen LogP contribution in [-0.4, -0.2) is 45.2 Å². The van der Waals surface area contributed by atoms with Crippen LogP contribution in [0.15, 0.2) is 42.5 Å². The number of hydrogen-bond acceptors (Lipinski definition) is 4. The highest BCUT2D eigenvalue weighted by molar-refractivity contribution is 5.77. The molecule has 0 saturated carbocycles. The van der Waals surface area contributed by atoms with Gasteiger partial charge in [-0.15, -0.1) is 0 Å². The minimum Gasteiger partial charge on any atom is -0.496 e. The molecule has 2 rings (SSSR count). The Labute approximate surface area is 155 Å². The number of para-hydroxylation sites is 1. The number of aryl methyl sites for hydroxylation is 2. The normalized spacial score (nSPS) is 11.9. The maximum Gasteiger partial charge on any atom is 0.258 e. The first-order chi connectivity index (χ1) is 12.4. The second-order valence-corrected chi connectivity index (χ2v) is 6.64. The average Bonchev–Trinajstić information content (AvgIpc) is 2.59. The van der Waals surface area contributed by atoms with Gasteiger partial charge in [-0.25, -0.2) is 0 Å². The number of carbonyl (C=O) groups is 1. The number of ether oxygens (including phenoxy) is 2. The van der Waals surface area contributed by atoms with Gasteiger partial charge in [-0.3, -0.25) is 4.79 Å². The van der Waals surface area contributed by atoms with Crippen LogP contribution in [0.4, 0.5) is 0 Å². The molecule has 1 unspecified atom stereocenters. The fraction of sp³-hybridized carbons (Fsp3) is 0.381. The largest absolute Gasteiger partial charge is 0.496 e. The van der Waals surface area contributed by atoms with Crippen LogP contribution < -0.4 is 14.8 Å². The smallest absolute Gasteiger partial charge is 0.258 e. The van der Waals surface area contributed by atoms with Crippen LogP contribution in [0.3, 0.4) is 0 Å². The molecular formula is C21H28N2O3. The Balaban J connectivity index is 1.95. The van der Waals surface area contributed by atoms with Crippen LogP contribution >= 0.6 is 0 Å². The van der Waals surface area contributed by atoms with Crippen molar-refractivity contribution in [1.82, 2.24) is 10.2 Å². The fourth-order valence-corrected chi connectivity index (χ4v) is 2.94. The highest BCUT2D eigenvalue weighted by atomic mass is 16.5. The molecule has 0 aliphatic rings. The van der Waals surface area contributed by atoms with Crippen LogP contribution in [0.1, 0.15) is 22.7 Å². The maximum atomic E-state index is 12.2. The summed E-state index contributed by atoms with van der Waals surface area (Å²) in [5.74, 6) is 1.38. The lowest BCUT2D eigenvalue weighted by Gasteiger charge is -2.26. The van der Waals surface area contributed by atoms with Gasteiger partial charge in [0.15, 0.2) is 6.61 Å². The van der Waals surface area contributed by atoms with Gasteiger partial charge in [0.25, 0.3) is 5.91 Å². The van der Waals surface area contributed by atoms with Crippen LogP contribution in [0, 0.1) is 13.8 Å². The van der Waals surface area contributed by atoms with Crippen molar-refractivity contribution in [3.8, 4) is 11.5 Å². The first kappa shape index (κ1) is 19.8. The van der Waals surface area contributed by atoms with E-state index in [1.54, 1.807) is 7.11 Å². The van der Waals surface area contributed by atoms with E-state index in [4.69, 9.17) is 9.47 Å². The van der Waals surface area contributed by atoms with Crippen LogP contribution in [0.25, 0.3) is 0 Å². The van der Waals surface area contributed by atoms with Crippen molar-refractivity contribution < 1.29 is 14.3 Å². The topological polar surface area (TPSA) is 50.8 Å². The Hall–Kier alpha value is -2.53. The van der Waals surface area contributed by atoms with Gasteiger partial charge >= 0.3 is 0 Å². The second-order valence-electron chi connectivity index (χ2n) is 6.64. The summed E-state index contributed by atoms with van der Waals surface area (Å²) in [5, 5.41) is 2.95. The van der Waals surface area contributed by atoms with Crippen molar-refractivity contribution in [1.29, 1.82) is 0 Å². The molecule has 2 aromatic carbocycles. The molecule has 0 aromatic heterocycles. The molecule has 0 radical (unpaired) electrons. The van der Waals surface area contributed by atoms with Crippen LogP contribution in [0.2, 0.25) is 0 Å². The zero-order valence-corrected chi connectivity index (χ0v) is 16.2. The number of methoxy groups -OCH3 is 1. The van der Waals surface area contributed by atoms with E-state index in [0.717, 1.165) is 22.4 Å². The molecule has 26 heavy (non-hydrogen) atoms. The minimum absolute atomic E-state index is 0.00499. The molecule has 0 saturated heterocycles. The molecule has 5 nitrogen and oxygen atoms in total. The summed E-state index contributed by atoms with van der Waals surface area (Å²) >= 11 is 0. The minimum atomic E-state index is -0.147. The van der Waals surface area contributed by atoms with Crippen molar-refractivity contribution in [2.75, 3.05) is 34.4 Å². The van der Waals surface area contributed by atoms with Gasteiger partial charge in [-0.05, 0) is 57.3 Å². The zero-order chi connectivity index (χ0) is 19.1. The Morgan fingerprint density at radius 3 is 2.38 bits per heavy atom. The predicted molar refractivity (Wildman–Crippen MR) is 104 cm³/mol. The summed E-state index contributed by atoms with van der Waals surface area (Å²) in [5.41, 5.74) is 3.27. The van der Waals surface area contributed by atoms with E-state index in [2.05, 4.69) is 16.3 Å². The molecule has 1 amide bonds. The number of carbonyl (C=O) groups excluding carboxylic acids is 1. The molecule has 0 bridgehead atoms. The second kappa shape index (κ2) is 9.25. The van der Waals surface area contributed by atoms with Gasteiger partial charge < -0.3 is 19.7 Å². The number of nitrogens with one attached hydrogen (secondary N) is 1. The molecule has 0 aliphatic carbocycles. The third-order valence-electron chi connectivity index (χ3n) is 4.18. The summed E-state index contributed by atoms with van der Waals surface area (Å²) in [6, 6.07) is 13.8. The van der Waals surface area contributed by atoms with Crippen molar-refractivity contribution in [2.45, 2.75) is 19.9 Å². The van der Waals surface area contributed by atoms with E-state index in [-0.39, 0.29) is 18.6 Å². The first-order valence-electron chi connectivity index (χ1n) is 8.68. The van der Waals surface area contributed by atoms with Gasteiger partial charge in [0.1, 0.15) is 11.5 Å². The number of likely N-dealkylation sites (N-methyl/N-ethyl adjacent to an activating group) is 1. The predicted octanol–water partition coefficient (Wildman–Crippen LogP) is 3.11. The third kappa shape index (κ3) is 5.49. The summed E-state index contributed by atoms with van der Waals surface area (Å²) in [4.78, 5) is 14.3. The standard InChI is InChI=1S/C21H28N2O3/c1-15-10-16(2)12-17(11-15)26-14-21(24)22-13-19(23(3)4)18-8-6-7-9-20(18)25-5/h6-12,19H,13-14H2,1-5H3,(H,22,24). The van der Waals surface area contributed by atoms with E-state index in [1.807, 2.05) is 64.3 Å². The highest BCUT2D eigenvalue weighted by Gasteiger charge is 2.19. The number of hydrogen-bond donors (Lipinski definition) is 1. The van der Waals surface area contributed by atoms with Crippen LogP contribution in [-0.2, 0) is 4.79 Å². The van der Waals surface area contributed by atoms with Crippen molar-refractivity contribution in [3.63, 3.8) is 0 Å². The first-order valence-corrected chi connectivity index (χ1v) is 8.68. The van der Waals surface area contributed by atoms with E-state index in [1.165, 1.54) is 0 Å². The van der Waals surface area contributed by atoms with E-state index in [9.17, 15) is 4.79 Å². The third-order valence-corrected chi connectivity index (χ3v) is 4.18. The molecule has 0 spiro atoms. The number of rotatable bonds is 8.